The van der Waals surface area contributed by atoms with E-state index in [-0.39, 0.29) is 10.8 Å². The molecule has 1 N–H and O–H groups in total. The Morgan fingerprint density at radius 1 is 1.12 bits per heavy atom. The smallest absolute Gasteiger partial charge is 0.244 e. The van der Waals surface area contributed by atoms with Crippen LogP contribution in [0.2, 0.25) is 0 Å². The lowest BCUT2D eigenvalue weighted by Gasteiger charge is -2.10. The van der Waals surface area contributed by atoms with E-state index in [0.717, 1.165) is 23.3 Å². The van der Waals surface area contributed by atoms with Crippen LogP contribution in [0, 0.1) is 12.7 Å². The third-order valence-electron chi connectivity index (χ3n) is 3.65. The SMILES string of the molecule is Cc1ccccc1-c1noc(C(C)NS(=O)(=O)c2ccc(F)cc2)n1. The number of aromatic nitrogens is 2. The molecule has 0 spiro atoms. The zero-order valence-electron chi connectivity index (χ0n) is 13.6. The van der Waals surface area contributed by atoms with Crippen molar-refractivity contribution in [1.29, 1.82) is 0 Å². The summed E-state index contributed by atoms with van der Waals surface area (Å²) in [5.41, 5.74) is 1.79. The maximum absolute atomic E-state index is 13.0. The van der Waals surface area contributed by atoms with Gasteiger partial charge in [-0.2, -0.15) is 9.71 Å². The Labute approximate surface area is 144 Å². The van der Waals surface area contributed by atoms with E-state index in [1.165, 1.54) is 12.1 Å². The molecular weight excluding hydrogens is 345 g/mol. The van der Waals surface area contributed by atoms with E-state index in [9.17, 15) is 12.8 Å². The standard InChI is InChI=1S/C17H16FN3O3S/c1-11-5-3-4-6-15(11)16-19-17(24-20-16)12(2)21-25(22,23)14-9-7-13(18)8-10-14/h3-10,12,21H,1-2H3. The van der Waals surface area contributed by atoms with E-state index in [1.807, 2.05) is 31.2 Å². The van der Waals surface area contributed by atoms with Crippen molar-refractivity contribution in [2.24, 2.45) is 0 Å². The van der Waals surface area contributed by atoms with Gasteiger partial charge in [0.05, 0.1) is 10.9 Å². The van der Waals surface area contributed by atoms with Gasteiger partial charge in [0.15, 0.2) is 0 Å². The summed E-state index contributed by atoms with van der Waals surface area (Å²) in [6.07, 6.45) is 0. The van der Waals surface area contributed by atoms with Crippen molar-refractivity contribution in [3.63, 3.8) is 0 Å². The maximum Gasteiger partial charge on any atom is 0.244 e. The van der Waals surface area contributed by atoms with Crippen LogP contribution in [-0.4, -0.2) is 18.6 Å². The Morgan fingerprint density at radius 2 is 1.80 bits per heavy atom. The van der Waals surface area contributed by atoms with Crippen LogP contribution >= 0.6 is 0 Å². The molecule has 0 aliphatic heterocycles. The summed E-state index contributed by atoms with van der Waals surface area (Å²) in [5, 5.41) is 3.91. The average molecular weight is 361 g/mol. The second-order valence-corrected chi connectivity index (χ2v) is 7.28. The number of rotatable bonds is 5. The van der Waals surface area contributed by atoms with Crippen LogP contribution in [0.25, 0.3) is 11.4 Å². The molecule has 1 unspecified atom stereocenters. The molecule has 1 aromatic heterocycles. The van der Waals surface area contributed by atoms with Gasteiger partial charge in [0.2, 0.25) is 21.7 Å². The quantitative estimate of drug-likeness (QED) is 0.754. The fourth-order valence-corrected chi connectivity index (χ4v) is 3.51. The number of halogens is 1. The first-order chi connectivity index (χ1) is 11.9. The number of sulfonamides is 1. The molecule has 0 saturated carbocycles. The highest BCUT2D eigenvalue weighted by Gasteiger charge is 2.23. The Morgan fingerprint density at radius 3 is 2.48 bits per heavy atom. The first-order valence-electron chi connectivity index (χ1n) is 7.54. The second kappa shape index (κ2) is 6.73. The lowest BCUT2D eigenvalue weighted by Crippen LogP contribution is -2.27. The van der Waals surface area contributed by atoms with Crippen molar-refractivity contribution >= 4 is 10.0 Å². The van der Waals surface area contributed by atoms with E-state index < -0.39 is 21.9 Å². The highest BCUT2D eigenvalue weighted by atomic mass is 32.2. The molecule has 3 aromatic rings. The summed E-state index contributed by atoms with van der Waals surface area (Å²) in [4.78, 5) is 4.23. The predicted octanol–water partition coefficient (Wildman–Crippen LogP) is 3.22. The Balaban J connectivity index is 1.81. The molecule has 1 heterocycles. The van der Waals surface area contributed by atoms with Gasteiger partial charge in [-0.15, -0.1) is 0 Å². The summed E-state index contributed by atoms with van der Waals surface area (Å²) in [7, 11) is -3.83. The predicted molar refractivity (Wildman–Crippen MR) is 89.6 cm³/mol. The molecule has 0 bridgehead atoms. The molecule has 2 aromatic carbocycles. The van der Waals surface area contributed by atoms with E-state index in [2.05, 4.69) is 14.9 Å². The van der Waals surface area contributed by atoms with Gasteiger partial charge in [-0.05, 0) is 43.7 Å². The van der Waals surface area contributed by atoms with Crippen LogP contribution in [0.4, 0.5) is 4.39 Å². The van der Waals surface area contributed by atoms with Gasteiger partial charge in [0.25, 0.3) is 0 Å². The minimum Gasteiger partial charge on any atom is -0.337 e. The fraction of sp³-hybridized carbons (Fsp3) is 0.176. The third-order valence-corrected chi connectivity index (χ3v) is 5.21. The van der Waals surface area contributed by atoms with Gasteiger partial charge in [0.1, 0.15) is 5.82 Å². The Hall–Kier alpha value is -2.58. The maximum atomic E-state index is 13.0. The molecule has 0 radical (unpaired) electrons. The van der Waals surface area contributed by atoms with Gasteiger partial charge in [-0.3, -0.25) is 0 Å². The van der Waals surface area contributed by atoms with E-state index >= 15 is 0 Å². The normalized spacial score (nSPS) is 12.9. The Kier molecular flexibility index (Phi) is 4.65. The molecule has 0 saturated heterocycles. The van der Waals surface area contributed by atoms with Gasteiger partial charge in [0, 0.05) is 5.56 Å². The van der Waals surface area contributed by atoms with Crippen molar-refractivity contribution < 1.29 is 17.3 Å². The topological polar surface area (TPSA) is 85.1 Å². The fourth-order valence-electron chi connectivity index (χ4n) is 2.31. The number of hydrogen-bond donors (Lipinski definition) is 1. The summed E-state index contributed by atoms with van der Waals surface area (Å²) in [6, 6.07) is 11.4. The summed E-state index contributed by atoms with van der Waals surface area (Å²) < 4.78 is 45.2. The highest BCUT2D eigenvalue weighted by Crippen LogP contribution is 2.22. The molecule has 3 rings (SSSR count). The van der Waals surface area contributed by atoms with Crippen LogP contribution in [0.1, 0.15) is 24.4 Å². The number of benzene rings is 2. The number of aryl methyl sites for hydroxylation is 1. The molecule has 0 fully saturated rings. The number of nitrogens with one attached hydrogen (secondary N) is 1. The van der Waals surface area contributed by atoms with Gasteiger partial charge in [-0.25, -0.2) is 12.8 Å². The first-order valence-corrected chi connectivity index (χ1v) is 9.02. The third kappa shape index (κ3) is 3.75. The molecule has 6 nitrogen and oxygen atoms in total. The number of hydrogen-bond acceptors (Lipinski definition) is 5. The molecule has 1 atom stereocenters. The highest BCUT2D eigenvalue weighted by molar-refractivity contribution is 7.89. The summed E-state index contributed by atoms with van der Waals surface area (Å²) >= 11 is 0. The lowest BCUT2D eigenvalue weighted by molar-refractivity contribution is 0.354. The largest absolute Gasteiger partial charge is 0.337 e. The molecule has 0 amide bonds. The lowest BCUT2D eigenvalue weighted by atomic mass is 10.1. The van der Waals surface area contributed by atoms with E-state index in [4.69, 9.17) is 4.52 Å². The molecular formula is C17H16FN3O3S. The zero-order valence-corrected chi connectivity index (χ0v) is 14.4. The number of nitrogens with zero attached hydrogens (tertiary/aromatic N) is 2. The molecule has 0 aliphatic rings. The minimum atomic E-state index is -3.83. The average Bonchev–Trinajstić information content (AvgIpc) is 3.05. The van der Waals surface area contributed by atoms with Crippen molar-refractivity contribution in [1.82, 2.24) is 14.9 Å². The molecule has 0 aliphatic carbocycles. The zero-order chi connectivity index (χ0) is 18.0. The first kappa shape index (κ1) is 17.2. The van der Waals surface area contributed by atoms with Crippen molar-refractivity contribution in [2.45, 2.75) is 24.8 Å². The van der Waals surface area contributed by atoms with Crippen LogP contribution in [0.5, 0.6) is 0 Å². The van der Waals surface area contributed by atoms with Gasteiger partial charge >= 0.3 is 0 Å². The minimum absolute atomic E-state index is 0.0422. The van der Waals surface area contributed by atoms with Crippen LogP contribution in [0.15, 0.2) is 57.9 Å². The Bertz CT molecular complexity index is 984. The van der Waals surface area contributed by atoms with Crippen LogP contribution < -0.4 is 4.72 Å². The second-order valence-electron chi connectivity index (χ2n) is 5.57. The van der Waals surface area contributed by atoms with Crippen molar-refractivity contribution in [3.8, 4) is 11.4 Å². The van der Waals surface area contributed by atoms with Crippen molar-refractivity contribution in [2.75, 3.05) is 0 Å². The van der Waals surface area contributed by atoms with Gasteiger partial charge < -0.3 is 4.52 Å². The van der Waals surface area contributed by atoms with Gasteiger partial charge in [-0.1, -0.05) is 29.4 Å². The van der Waals surface area contributed by atoms with E-state index in [0.29, 0.717) is 5.82 Å². The summed E-state index contributed by atoms with van der Waals surface area (Å²) in [6.45, 7) is 3.52. The molecule has 8 heteroatoms. The van der Waals surface area contributed by atoms with E-state index in [1.54, 1.807) is 6.92 Å². The molecule has 130 valence electrons. The monoisotopic (exact) mass is 361 g/mol. The summed E-state index contributed by atoms with van der Waals surface area (Å²) in [5.74, 6) is 0.0247. The van der Waals surface area contributed by atoms with Crippen LogP contribution in [-0.2, 0) is 10.0 Å². The van der Waals surface area contributed by atoms with Crippen molar-refractivity contribution in [3.05, 3.63) is 65.8 Å². The molecule has 25 heavy (non-hydrogen) atoms. The van der Waals surface area contributed by atoms with Crippen LogP contribution in [0.3, 0.4) is 0 Å².